The Morgan fingerprint density at radius 3 is 3.10 bits per heavy atom. The van der Waals surface area contributed by atoms with Crippen LogP contribution in [0.4, 0.5) is 0 Å². The molecule has 3 nitrogen and oxygen atoms in total. The quantitative estimate of drug-likeness (QED) is 0.912. The second kappa shape index (κ2) is 6.02. The summed E-state index contributed by atoms with van der Waals surface area (Å²) < 4.78 is 0. The Morgan fingerprint density at radius 2 is 2.35 bits per heavy atom. The average Bonchev–Trinajstić information content (AvgIpc) is 3.07. The number of nitrogens with zero attached hydrogens (tertiary/aromatic N) is 2. The highest BCUT2D eigenvalue weighted by molar-refractivity contribution is 7.11. The fourth-order valence-electron chi connectivity index (χ4n) is 3.03. The molecule has 0 amide bonds. The van der Waals surface area contributed by atoms with Gasteiger partial charge in [-0.1, -0.05) is 13.0 Å². The number of thiazole rings is 1. The van der Waals surface area contributed by atoms with Gasteiger partial charge in [-0.2, -0.15) is 0 Å². The van der Waals surface area contributed by atoms with Crippen molar-refractivity contribution in [2.75, 3.05) is 6.54 Å². The molecule has 106 valence electrons. The largest absolute Gasteiger partial charge is 0.309 e. The fraction of sp³-hybridized carbons (Fsp3) is 0.500. The molecule has 0 aromatic carbocycles. The topological polar surface area (TPSA) is 37.8 Å². The Morgan fingerprint density at radius 1 is 1.45 bits per heavy atom. The zero-order valence-corrected chi connectivity index (χ0v) is 12.9. The van der Waals surface area contributed by atoms with Crippen molar-refractivity contribution in [3.63, 3.8) is 0 Å². The van der Waals surface area contributed by atoms with Gasteiger partial charge in [-0.3, -0.25) is 4.98 Å². The van der Waals surface area contributed by atoms with Crippen LogP contribution in [0, 0.1) is 6.92 Å². The molecule has 20 heavy (non-hydrogen) atoms. The first-order valence-electron chi connectivity index (χ1n) is 7.39. The van der Waals surface area contributed by atoms with E-state index in [2.05, 4.69) is 35.2 Å². The van der Waals surface area contributed by atoms with E-state index in [9.17, 15) is 0 Å². The molecule has 1 aliphatic rings. The maximum absolute atomic E-state index is 4.65. The van der Waals surface area contributed by atoms with Crippen LogP contribution < -0.4 is 5.32 Å². The zero-order chi connectivity index (χ0) is 13.9. The van der Waals surface area contributed by atoms with Crippen LogP contribution in [0.5, 0.6) is 0 Å². The molecular formula is C16H21N3S. The molecule has 4 heteroatoms. The molecule has 0 bridgehead atoms. The summed E-state index contributed by atoms with van der Waals surface area (Å²) in [4.78, 5) is 10.4. The molecule has 0 saturated heterocycles. The van der Waals surface area contributed by atoms with Crippen molar-refractivity contribution in [1.82, 2.24) is 15.3 Å². The molecule has 2 heterocycles. The lowest BCUT2D eigenvalue weighted by atomic mass is 9.95. The van der Waals surface area contributed by atoms with Gasteiger partial charge in [0, 0.05) is 28.9 Å². The number of fused-ring (bicyclic) bond motifs is 1. The first kappa shape index (κ1) is 13.7. The molecule has 2 aromatic heterocycles. The molecule has 0 radical (unpaired) electrons. The minimum atomic E-state index is 0.359. The number of aryl methyl sites for hydroxylation is 2. The molecule has 3 rings (SSSR count). The predicted octanol–water partition coefficient (Wildman–Crippen LogP) is 3.62. The van der Waals surface area contributed by atoms with E-state index in [4.69, 9.17) is 0 Å². The zero-order valence-electron chi connectivity index (χ0n) is 12.1. The second-order valence-corrected chi connectivity index (χ2v) is 6.67. The van der Waals surface area contributed by atoms with Crippen LogP contribution in [0.2, 0.25) is 0 Å². The van der Waals surface area contributed by atoms with Gasteiger partial charge in [0.2, 0.25) is 0 Å². The Labute approximate surface area is 124 Å². The SMILES string of the molecule is CCCNC(c1cnc(C)s1)C1CCc2cccnc21. The van der Waals surface area contributed by atoms with E-state index in [0.29, 0.717) is 12.0 Å². The van der Waals surface area contributed by atoms with Crippen molar-refractivity contribution in [3.8, 4) is 0 Å². The summed E-state index contributed by atoms with van der Waals surface area (Å²) in [6.07, 6.45) is 7.44. The third kappa shape index (κ3) is 2.63. The van der Waals surface area contributed by atoms with Crippen molar-refractivity contribution < 1.29 is 0 Å². The maximum atomic E-state index is 4.65. The van der Waals surface area contributed by atoms with Gasteiger partial charge in [0.25, 0.3) is 0 Å². The molecule has 0 fully saturated rings. The maximum Gasteiger partial charge on any atom is 0.0897 e. The van der Waals surface area contributed by atoms with Gasteiger partial charge >= 0.3 is 0 Å². The summed E-state index contributed by atoms with van der Waals surface area (Å²) in [5.41, 5.74) is 2.70. The van der Waals surface area contributed by atoms with Crippen LogP contribution >= 0.6 is 11.3 Å². The van der Waals surface area contributed by atoms with Gasteiger partial charge in [-0.15, -0.1) is 11.3 Å². The monoisotopic (exact) mass is 287 g/mol. The first-order valence-corrected chi connectivity index (χ1v) is 8.20. The fourth-order valence-corrected chi connectivity index (χ4v) is 3.96. The van der Waals surface area contributed by atoms with Gasteiger partial charge in [-0.25, -0.2) is 4.98 Å². The highest BCUT2D eigenvalue weighted by Gasteiger charge is 2.32. The lowest BCUT2D eigenvalue weighted by molar-refractivity contribution is 0.442. The summed E-state index contributed by atoms with van der Waals surface area (Å²) in [6, 6.07) is 4.63. The van der Waals surface area contributed by atoms with Crippen LogP contribution in [0.3, 0.4) is 0 Å². The molecule has 2 atom stereocenters. The Balaban J connectivity index is 1.90. The van der Waals surface area contributed by atoms with Gasteiger partial charge in [-0.05, 0) is 44.4 Å². The number of nitrogens with one attached hydrogen (secondary N) is 1. The van der Waals surface area contributed by atoms with Gasteiger partial charge in [0.05, 0.1) is 11.0 Å². The summed E-state index contributed by atoms with van der Waals surface area (Å²) in [5.74, 6) is 0.484. The standard InChI is InChI=1S/C16H21N3S/c1-3-8-17-16(14-10-19-11(2)20-14)13-7-6-12-5-4-9-18-15(12)13/h4-5,9-10,13,16-17H,3,6-8H2,1-2H3. The summed E-state index contributed by atoms with van der Waals surface area (Å²) in [5, 5.41) is 4.85. The van der Waals surface area contributed by atoms with Gasteiger partial charge < -0.3 is 5.32 Å². The number of rotatable bonds is 5. The Bertz CT molecular complexity index is 579. The Hall–Kier alpha value is -1.26. The van der Waals surface area contributed by atoms with Crippen molar-refractivity contribution in [3.05, 3.63) is 45.7 Å². The van der Waals surface area contributed by atoms with E-state index in [1.807, 2.05) is 18.5 Å². The predicted molar refractivity (Wildman–Crippen MR) is 83.2 cm³/mol. The molecular weight excluding hydrogens is 266 g/mol. The van der Waals surface area contributed by atoms with Crippen LogP contribution in [0.25, 0.3) is 0 Å². The highest BCUT2D eigenvalue weighted by Crippen LogP contribution is 2.41. The van der Waals surface area contributed by atoms with Gasteiger partial charge in [0.15, 0.2) is 0 Å². The van der Waals surface area contributed by atoms with Gasteiger partial charge in [0.1, 0.15) is 0 Å². The average molecular weight is 287 g/mol. The van der Waals surface area contributed by atoms with E-state index in [0.717, 1.165) is 24.4 Å². The van der Waals surface area contributed by atoms with Crippen LogP contribution in [-0.2, 0) is 6.42 Å². The normalized spacial score (nSPS) is 19.0. The molecule has 0 spiro atoms. The summed E-state index contributed by atoms with van der Waals surface area (Å²) in [7, 11) is 0. The van der Waals surface area contributed by atoms with Crippen molar-refractivity contribution in [2.24, 2.45) is 0 Å². The van der Waals surface area contributed by atoms with E-state index >= 15 is 0 Å². The molecule has 0 aliphatic heterocycles. The van der Waals surface area contributed by atoms with E-state index in [-0.39, 0.29) is 0 Å². The molecule has 0 saturated carbocycles. The molecule has 1 aliphatic carbocycles. The number of pyridine rings is 1. The third-order valence-electron chi connectivity index (χ3n) is 3.96. The van der Waals surface area contributed by atoms with Crippen LogP contribution in [0.15, 0.2) is 24.5 Å². The third-order valence-corrected chi connectivity index (χ3v) is 4.96. The minimum Gasteiger partial charge on any atom is -0.309 e. The lowest BCUT2D eigenvalue weighted by Crippen LogP contribution is -2.26. The van der Waals surface area contributed by atoms with E-state index in [1.165, 1.54) is 22.6 Å². The van der Waals surface area contributed by atoms with Crippen molar-refractivity contribution in [1.29, 1.82) is 0 Å². The Kier molecular flexibility index (Phi) is 4.13. The number of hydrogen-bond acceptors (Lipinski definition) is 4. The van der Waals surface area contributed by atoms with Crippen molar-refractivity contribution in [2.45, 2.75) is 45.1 Å². The van der Waals surface area contributed by atoms with Crippen LogP contribution in [-0.4, -0.2) is 16.5 Å². The summed E-state index contributed by atoms with van der Waals surface area (Å²) in [6.45, 7) is 5.33. The van der Waals surface area contributed by atoms with Crippen molar-refractivity contribution >= 4 is 11.3 Å². The first-order chi connectivity index (χ1) is 9.79. The summed E-state index contributed by atoms with van der Waals surface area (Å²) >= 11 is 1.81. The number of hydrogen-bond donors (Lipinski definition) is 1. The minimum absolute atomic E-state index is 0.359. The lowest BCUT2D eigenvalue weighted by Gasteiger charge is -2.23. The highest BCUT2D eigenvalue weighted by atomic mass is 32.1. The second-order valence-electron chi connectivity index (χ2n) is 5.41. The molecule has 2 unspecified atom stereocenters. The smallest absolute Gasteiger partial charge is 0.0897 e. The van der Waals surface area contributed by atoms with E-state index in [1.54, 1.807) is 11.3 Å². The van der Waals surface area contributed by atoms with E-state index < -0.39 is 0 Å². The molecule has 1 N–H and O–H groups in total. The number of aromatic nitrogens is 2. The van der Waals surface area contributed by atoms with Crippen LogP contribution in [0.1, 0.15) is 52.9 Å². The molecule has 2 aromatic rings.